The van der Waals surface area contributed by atoms with Crippen molar-refractivity contribution in [2.45, 2.75) is 45.7 Å². The number of nitrogens with two attached hydrogens (primary N) is 1. The molecule has 6 nitrogen and oxygen atoms in total. The molecule has 6 heteroatoms. The lowest BCUT2D eigenvalue weighted by Gasteiger charge is -2.57. The summed E-state index contributed by atoms with van der Waals surface area (Å²) in [4.78, 5) is 32.5. The quantitative estimate of drug-likeness (QED) is 0.810. The summed E-state index contributed by atoms with van der Waals surface area (Å²) in [6.45, 7) is 8.75. The minimum absolute atomic E-state index is 0.0114. The molecule has 0 saturated carbocycles. The van der Waals surface area contributed by atoms with Gasteiger partial charge in [0.2, 0.25) is 11.8 Å². The monoisotopic (exact) mass is 396 g/mol. The average Bonchev–Trinajstić information content (AvgIpc) is 2.97. The number of piperidine rings is 2. The van der Waals surface area contributed by atoms with Crippen LogP contribution >= 0.6 is 0 Å². The van der Waals surface area contributed by atoms with Gasteiger partial charge in [0.15, 0.2) is 0 Å². The van der Waals surface area contributed by atoms with Gasteiger partial charge in [0.25, 0.3) is 0 Å². The van der Waals surface area contributed by atoms with Gasteiger partial charge in [0.1, 0.15) is 0 Å². The van der Waals surface area contributed by atoms with E-state index in [1.54, 1.807) is 0 Å². The fourth-order valence-corrected chi connectivity index (χ4v) is 6.47. The Balaban J connectivity index is 1.39. The minimum Gasteiger partial charge on any atom is -0.340 e. The van der Waals surface area contributed by atoms with E-state index in [1.165, 1.54) is 11.1 Å². The zero-order valence-electron chi connectivity index (χ0n) is 17.6. The molecule has 156 valence electrons. The van der Waals surface area contributed by atoms with Crippen molar-refractivity contribution in [3.05, 3.63) is 34.9 Å². The van der Waals surface area contributed by atoms with E-state index in [1.807, 2.05) is 4.90 Å². The molecule has 29 heavy (non-hydrogen) atoms. The lowest BCUT2D eigenvalue weighted by atomic mass is 9.65. The van der Waals surface area contributed by atoms with E-state index < -0.39 is 0 Å². The summed E-state index contributed by atoms with van der Waals surface area (Å²) in [7, 11) is 0. The summed E-state index contributed by atoms with van der Waals surface area (Å²) >= 11 is 0. The SMILES string of the molecule is CC12CN3CC(C)(CN(C1)C(=O)CN(Cc1ccc4c(c1)CC(N)C4)CC3=O)C2. The summed E-state index contributed by atoms with van der Waals surface area (Å²) in [5.41, 5.74) is 9.94. The second kappa shape index (κ2) is 6.54. The lowest BCUT2D eigenvalue weighted by Crippen LogP contribution is -2.66. The molecule has 6 rings (SSSR count). The largest absolute Gasteiger partial charge is 0.340 e. The molecule has 5 aliphatic rings. The third-order valence-corrected chi connectivity index (χ3v) is 7.21. The van der Waals surface area contributed by atoms with Crippen molar-refractivity contribution in [3.63, 3.8) is 0 Å². The van der Waals surface area contributed by atoms with Gasteiger partial charge in [-0.2, -0.15) is 0 Å². The van der Waals surface area contributed by atoms with Gasteiger partial charge >= 0.3 is 0 Å². The van der Waals surface area contributed by atoms with E-state index in [-0.39, 0.29) is 28.7 Å². The molecule has 4 heterocycles. The van der Waals surface area contributed by atoms with E-state index in [0.29, 0.717) is 19.6 Å². The van der Waals surface area contributed by atoms with Crippen molar-refractivity contribution in [2.24, 2.45) is 16.6 Å². The van der Waals surface area contributed by atoms with Crippen molar-refractivity contribution in [3.8, 4) is 0 Å². The van der Waals surface area contributed by atoms with Crippen molar-refractivity contribution in [1.29, 1.82) is 0 Å². The molecular formula is C23H32N4O2. The fraction of sp³-hybridized carbons (Fsp3) is 0.652. The zero-order valence-corrected chi connectivity index (χ0v) is 17.6. The zero-order chi connectivity index (χ0) is 20.4. The van der Waals surface area contributed by atoms with Gasteiger partial charge < -0.3 is 15.5 Å². The molecule has 1 aromatic carbocycles. The molecule has 0 spiro atoms. The Labute approximate surface area is 173 Å². The van der Waals surface area contributed by atoms with Crippen LogP contribution in [0.15, 0.2) is 18.2 Å². The summed E-state index contributed by atoms with van der Waals surface area (Å²) < 4.78 is 0. The van der Waals surface area contributed by atoms with Gasteiger partial charge in [0, 0.05) is 49.6 Å². The third kappa shape index (κ3) is 3.57. The molecule has 0 aromatic heterocycles. The first-order chi connectivity index (χ1) is 13.7. The van der Waals surface area contributed by atoms with Crippen LogP contribution in [-0.2, 0) is 29.0 Å². The van der Waals surface area contributed by atoms with E-state index in [2.05, 4.69) is 41.8 Å². The minimum atomic E-state index is 0.0114. The van der Waals surface area contributed by atoms with Gasteiger partial charge in [-0.1, -0.05) is 32.0 Å². The standard InChI is InChI=1S/C23H32N4O2/c1-22-11-23(2)14-26(12-22)20(28)9-25(10-21(29)27(13-22)15-23)8-16-3-4-17-6-19(24)7-18(17)5-16/h3-5,19H,6-15,24H2,1-2H3. The molecule has 4 bridgehead atoms. The van der Waals surface area contributed by atoms with E-state index in [0.717, 1.165) is 51.0 Å². The maximum absolute atomic E-state index is 13.2. The summed E-state index contributed by atoms with van der Waals surface area (Å²) in [5, 5.41) is 0. The predicted octanol–water partition coefficient (Wildman–Crippen LogP) is 1.02. The number of rotatable bonds is 2. The number of fused-ring (bicyclic) bond motifs is 5. The number of amides is 2. The van der Waals surface area contributed by atoms with E-state index in [9.17, 15) is 9.59 Å². The maximum Gasteiger partial charge on any atom is 0.236 e. The Morgan fingerprint density at radius 1 is 0.931 bits per heavy atom. The normalized spacial score (nSPS) is 34.8. The lowest BCUT2D eigenvalue weighted by molar-refractivity contribution is -0.158. The number of nitrogens with zero attached hydrogens (tertiary/aromatic N) is 3. The van der Waals surface area contributed by atoms with Gasteiger partial charge in [-0.3, -0.25) is 14.5 Å². The Morgan fingerprint density at radius 2 is 1.48 bits per heavy atom. The molecule has 1 aliphatic carbocycles. The molecule has 4 fully saturated rings. The maximum atomic E-state index is 13.2. The number of carbonyl (C=O) groups excluding carboxylic acids is 2. The molecule has 2 N–H and O–H groups in total. The summed E-state index contributed by atoms with van der Waals surface area (Å²) in [6.07, 6.45) is 2.95. The van der Waals surface area contributed by atoms with E-state index >= 15 is 0 Å². The molecule has 0 radical (unpaired) electrons. The predicted molar refractivity (Wildman–Crippen MR) is 111 cm³/mol. The van der Waals surface area contributed by atoms with Crippen molar-refractivity contribution in [2.75, 3.05) is 39.3 Å². The molecule has 1 atom stereocenters. The van der Waals surface area contributed by atoms with Crippen LogP contribution in [0, 0.1) is 10.8 Å². The number of hydrogen-bond acceptors (Lipinski definition) is 4. The Kier molecular flexibility index (Phi) is 4.30. The van der Waals surface area contributed by atoms with Crippen LogP contribution in [0.4, 0.5) is 0 Å². The second-order valence-corrected chi connectivity index (χ2v) is 10.7. The Morgan fingerprint density at radius 3 is 2.07 bits per heavy atom. The van der Waals surface area contributed by atoms with E-state index in [4.69, 9.17) is 5.73 Å². The first-order valence-corrected chi connectivity index (χ1v) is 10.8. The summed E-state index contributed by atoms with van der Waals surface area (Å²) in [5.74, 6) is 0.321. The van der Waals surface area contributed by atoms with Crippen LogP contribution < -0.4 is 5.73 Å². The molecular weight excluding hydrogens is 364 g/mol. The topological polar surface area (TPSA) is 69.9 Å². The van der Waals surface area contributed by atoms with Crippen molar-refractivity contribution in [1.82, 2.24) is 14.7 Å². The van der Waals surface area contributed by atoms with Crippen LogP contribution in [0.2, 0.25) is 0 Å². The van der Waals surface area contributed by atoms with Crippen LogP contribution in [0.3, 0.4) is 0 Å². The molecule has 1 unspecified atom stereocenters. The van der Waals surface area contributed by atoms with Crippen molar-refractivity contribution >= 4 is 11.8 Å². The number of hydrogen-bond donors (Lipinski definition) is 1. The molecule has 2 amide bonds. The highest BCUT2D eigenvalue weighted by molar-refractivity contribution is 5.82. The first-order valence-electron chi connectivity index (χ1n) is 10.8. The third-order valence-electron chi connectivity index (χ3n) is 7.21. The fourth-order valence-electron chi connectivity index (χ4n) is 6.47. The average molecular weight is 397 g/mol. The number of carbonyl (C=O) groups is 2. The molecule has 4 aliphatic heterocycles. The molecule has 1 aromatic rings. The van der Waals surface area contributed by atoms with Gasteiger partial charge in [-0.25, -0.2) is 0 Å². The highest BCUT2D eigenvalue weighted by atomic mass is 16.2. The Bertz CT molecular complexity index is 816. The van der Waals surface area contributed by atoms with Gasteiger partial charge in [0.05, 0.1) is 13.1 Å². The van der Waals surface area contributed by atoms with Crippen LogP contribution in [0.1, 0.15) is 37.0 Å². The van der Waals surface area contributed by atoms with Gasteiger partial charge in [-0.15, -0.1) is 0 Å². The summed E-state index contributed by atoms with van der Waals surface area (Å²) in [6, 6.07) is 6.73. The first kappa shape index (κ1) is 19.1. The highest BCUT2D eigenvalue weighted by Crippen LogP contribution is 2.45. The van der Waals surface area contributed by atoms with Gasteiger partial charge in [-0.05, 0) is 36.0 Å². The Hall–Kier alpha value is -1.92. The second-order valence-electron chi connectivity index (χ2n) is 10.7. The van der Waals surface area contributed by atoms with Crippen LogP contribution in [0.5, 0.6) is 0 Å². The van der Waals surface area contributed by atoms with Crippen LogP contribution in [-0.4, -0.2) is 71.8 Å². The highest BCUT2D eigenvalue weighted by Gasteiger charge is 2.51. The molecule has 4 saturated heterocycles. The van der Waals surface area contributed by atoms with Crippen molar-refractivity contribution < 1.29 is 9.59 Å². The number of benzene rings is 1. The van der Waals surface area contributed by atoms with Crippen LogP contribution in [0.25, 0.3) is 0 Å². The smallest absolute Gasteiger partial charge is 0.236 e.